The van der Waals surface area contributed by atoms with Crippen LogP contribution in [0.3, 0.4) is 0 Å². The first-order valence-corrected chi connectivity index (χ1v) is 14.7. The van der Waals surface area contributed by atoms with Gasteiger partial charge < -0.3 is 15.8 Å². The Labute approximate surface area is 234 Å². The minimum absolute atomic E-state index is 0.0750. The lowest BCUT2D eigenvalue weighted by molar-refractivity contribution is -0.142. The first kappa shape index (κ1) is 29.4. The van der Waals surface area contributed by atoms with E-state index in [4.69, 9.17) is 5.73 Å². The second kappa shape index (κ2) is 12.7. The molecular formula is C30H34FN3O5S. The first-order chi connectivity index (χ1) is 19.1. The van der Waals surface area contributed by atoms with Crippen molar-refractivity contribution >= 4 is 21.9 Å². The van der Waals surface area contributed by atoms with E-state index >= 15 is 0 Å². The van der Waals surface area contributed by atoms with Crippen LogP contribution in [-0.2, 0) is 24.3 Å². The van der Waals surface area contributed by atoms with Crippen molar-refractivity contribution in [3.05, 3.63) is 89.7 Å². The van der Waals surface area contributed by atoms with Crippen LogP contribution < -0.4 is 15.8 Å². The molecule has 10 heteroatoms. The Bertz CT molecular complexity index is 1420. The molecule has 212 valence electrons. The number of halogens is 1. The van der Waals surface area contributed by atoms with Crippen molar-refractivity contribution in [2.45, 2.75) is 55.6 Å². The zero-order valence-electron chi connectivity index (χ0n) is 22.5. The predicted molar refractivity (Wildman–Crippen MR) is 150 cm³/mol. The van der Waals surface area contributed by atoms with Gasteiger partial charge in [0.05, 0.1) is 18.0 Å². The maximum Gasteiger partial charge on any atom is 0.327 e. The maximum absolute atomic E-state index is 13.2. The quantitative estimate of drug-likeness (QED) is 0.329. The summed E-state index contributed by atoms with van der Waals surface area (Å²) >= 11 is 0. The van der Waals surface area contributed by atoms with Crippen LogP contribution in [0.15, 0.2) is 77.7 Å². The van der Waals surface area contributed by atoms with Crippen LogP contribution in [0.1, 0.15) is 55.8 Å². The maximum atomic E-state index is 13.2. The summed E-state index contributed by atoms with van der Waals surface area (Å²) in [6, 6.07) is 18.3. The summed E-state index contributed by atoms with van der Waals surface area (Å²) in [5, 5.41) is 2.98. The van der Waals surface area contributed by atoms with Gasteiger partial charge in [-0.25, -0.2) is 17.5 Å². The number of carbonyl (C=O) groups is 2. The van der Waals surface area contributed by atoms with Gasteiger partial charge in [-0.1, -0.05) is 48.5 Å². The lowest BCUT2D eigenvalue weighted by Gasteiger charge is -2.29. The fourth-order valence-corrected chi connectivity index (χ4v) is 6.20. The molecule has 4 N–H and O–H groups in total. The van der Waals surface area contributed by atoms with Gasteiger partial charge in [-0.15, -0.1) is 0 Å². The molecule has 2 atom stereocenters. The number of rotatable bonds is 9. The zero-order valence-corrected chi connectivity index (χ0v) is 23.3. The van der Waals surface area contributed by atoms with E-state index in [1.165, 1.54) is 19.2 Å². The Morgan fingerprint density at radius 2 is 1.40 bits per heavy atom. The van der Waals surface area contributed by atoms with E-state index in [2.05, 4.69) is 14.8 Å². The number of carbonyl (C=O) groups excluding carboxylic acids is 2. The van der Waals surface area contributed by atoms with Crippen LogP contribution in [0.4, 0.5) is 4.39 Å². The number of nitrogens with one attached hydrogen (secondary N) is 2. The Kier molecular flexibility index (Phi) is 9.34. The largest absolute Gasteiger partial charge is 0.468 e. The number of benzene rings is 3. The Morgan fingerprint density at radius 3 is 1.95 bits per heavy atom. The highest BCUT2D eigenvalue weighted by atomic mass is 32.2. The molecular weight excluding hydrogens is 533 g/mol. The Balaban J connectivity index is 1.30. The van der Waals surface area contributed by atoms with Gasteiger partial charge >= 0.3 is 5.97 Å². The number of nitrogens with two attached hydrogens (primary N) is 1. The zero-order chi connectivity index (χ0) is 28.9. The number of methoxy groups -OCH3 is 1. The van der Waals surface area contributed by atoms with E-state index in [-0.39, 0.29) is 34.6 Å². The van der Waals surface area contributed by atoms with Gasteiger partial charge in [0.15, 0.2) is 0 Å². The molecule has 1 unspecified atom stereocenters. The average molecular weight is 568 g/mol. The molecule has 8 nitrogen and oxygen atoms in total. The first-order valence-electron chi connectivity index (χ1n) is 13.2. The van der Waals surface area contributed by atoms with Crippen LogP contribution in [0.25, 0.3) is 11.1 Å². The highest BCUT2D eigenvalue weighted by Crippen LogP contribution is 2.28. The number of sulfonamides is 1. The third kappa shape index (κ3) is 7.12. The van der Waals surface area contributed by atoms with Crippen LogP contribution in [0.2, 0.25) is 0 Å². The monoisotopic (exact) mass is 567 g/mol. The van der Waals surface area contributed by atoms with E-state index < -0.39 is 22.0 Å². The minimum atomic E-state index is -3.73. The molecule has 4 rings (SSSR count). The summed E-state index contributed by atoms with van der Waals surface area (Å²) < 4.78 is 46.7. The highest BCUT2D eigenvalue weighted by molar-refractivity contribution is 7.89. The molecule has 0 heterocycles. The van der Waals surface area contributed by atoms with Crippen LogP contribution in [-0.4, -0.2) is 33.4 Å². The number of esters is 1. The summed E-state index contributed by atoms with van der Waals surface area (Å²) in [7, 11) is -2.45. The summed E-state index contributed by atoms with van der Waals surface area (Å²) in [5.74, 6) is -1.12. The van der Waals surface area contributed by atoms with Crippen molar-refractivity contribution in [3.8, 4) is 11.1 Å². The number of hydrogen-bond donors (Lipinski definition) is 3. The topological polar surface area (TPSA) is 128 Å². The van der Waals surface area contributed by atoms with Gasteiger partial charge in [-0.2, -0.15) is 0 Å². The third-order valence-corrected chi connectivity index (χ3v) is 8.91. The SMILES string of the molecule is COC(=O)C(N)c1ccc(-c2ccc(S(=O)(=O)NC3CCC(C(=O)N[C@H](C)c4ccc(F)cc4)CC3)cc2)cc1. The summed E-state index contributed by atoms with van der Waals surface area (Å²) in [4.78, 5) is 24.6. The van der Waals surface area contributed by atoms with Crippen LogP contribution in [0.5, 0.6) is 0 Å². The van der Waals surface area contributed by atoms with E-state index in [1.54, 1.807) is 48.5 Å². The second-order valence-electron chi connectivity index (χ2n) is 10.1. The molecule has 0 aliphatic heterocycles. The molecule has 3 aromatic carbocycles. The lowest BCUT2D eigenvalue weighted by Crippen LogP contribution is -2.41. The van der Waals surface area contributed by atoms with Crippen molar-refractivity contribution in [2.75, 3.05) is 7.11 Å². The molecule has 1 aliphatic carbocycles. The van der Waals surface area contributed by atoms with E-state index in [0.717, 1.165) is 16.7 Å². The van der Waals surface area contributed by atoms with E-state index in [9.17, 15) is 22.4 Å². The molecule has 1 saturated carbocycles. The molecule has 0 saturated heterocycles. The van der Waals surface area contributed by atoms with Gasteiger partial charge in [0, 0.05) is 12.0 Å². The number of ether oxygens (including phenoxy) is 1. The van der Waals surface area contributed by atoms with Crippen molar-refractivity contribution in [1.29, 1.82) is 0 Å². The molecule has 0 aromatic heterocycles. The molecule has 0 radical (unpaired) electrons. The van der Waals surface area contributed by atoms with Gasteiger partial charge in [-0.3, -0.25) is 9.59 Å². The van der Waals surface area contributed by atoms with Crippen molar-refractivity contribution < 1.29 is 27.1 Å². The molecule has 3 aromatic rings. The molecule has 40 heavy (non-hydrogen) atoms. The summed E-state index contributed by atoms with van der Waals surface area (Å²) in [6.07, 6.45) is 2.26. The summed E-state index contributed by atoms with van der Waals surface area (Å²) in [5.41, 5.74) is 8.98. The highest BCUT2D eigenvalue weighted by Gasteiger charge is 2.30. The Hall–Kier alpha value is -3.60. The number of hydrogen-bond acceptors (Lipinski definition) is 6. The van der Waals surface area contributed by atoms with E-state index in [1.807, 2.05) is 19.1 Å². The Morgan fingerprint density at radius 1 is 0.875 bits per heavy atom. The molecule has 0 bridgehead atoms. The minimum Gasteiger partial charge on any atom is -0.468 e. The van der Waals surface area contributed by atoms with E-state index in [0.29, 0.717) is 31.2 Å². The van der Waals surface area contributed by atoms with Gasteiger partial charge in [0.2, 0.25) is 15.9 Å². The third-order valence-electron chi connectivity index (χ3n) is 7.37. The molecule has 1 amide bonds. The van der Waals surface area contributed by atoms with Crippen molar-refractivity contribution in [2.24, 2.45) is 11.7 Å². The standard InChI is InChI=1S/C30H34FN3O5S/c1-19(20-7-13-25(31)14-8-20)33-29(35)24-9-15-26(16-10-24)34-40(37,38)27-17-11-22(12-18-27)21-3-5-23(6-4-21)28(32)30(36)39-2/h3-8,11-14,17-19,24,26,28,34H,9-10,15-16,32H2,1-2H3,(H,33,35)/t19-,24?,26?,28?/m1/s1. The van der Waals surface area contributed by atoms with Gasteiger partial charge in [-0.05, 0) is 79.1 Å². The second-order valence-corrected chi connectivity index (χ2v) is 11.8. The van der Waals surface area contributed by atoms with Crippen LogP contribution in [0, 0.1) is 11.7 Å². The molecule has 1 aliphatic rings. The van der Waals surface area contributed by atoms with Crippen LogP contribution >= 0.6 is 0 Å². The summed E-state index contributed by atoms with van der Waals surface area (Å²) in [6.45, 7) is 1.85. The van der Waals surface area contributed by atoms with Crippen molar-refractivity contribution in [1.82, 2.24) is 10.0 Å². The van der Waals surface area contributed by atoms with Crippen molar-refractivity contribution in [3.63, 3.8) is 0 Å². The predicted octanol–water partition coefficient (Wildman–Crippen LogP) is 4.38. The van der Waals surface area contributed by atoms with Gasteiger partial charge in [0.1, 0.15) is 11.9 Å². The average Bonchev–Trinajstić information content (AvgIpc) is 2.97. The van der Waals surface area contributed by atoms with Gasteiger partial charge in [0.25, 0.3) is 0 Å². The smallest absolute Gasteiger partial charge is 0.327 e. The molecule has 1 fully saturated rings. The fourth-order valence-electron chi connectivity index (χ4n) is 4.90. The number of amides is 1. The fraction of sp³-hybridized carbons (Fsp3) is 0.333. The molecule has 0 spiro atoms. The normalized spacial score (nSPS) is 18.9. The lowest BCUT2D eigenvalue weighted by atomic mass is 9.85.